The highest BCUT2D eigenvalue weighted by atomic mass is 32.2. The zero-order valence-electron chi connectivity index (χ0n) is 17.7. The lowest BCUT2D eigenvalue weighted by Crippen LogP contribution is -2.49. The minimum atomic E-state index is -4.93. The molecule has 1 aromatic carbocycles. The Morgan fingerprint density at radius 3 is 2.50 bits per heavy atom. The molecular weight excluding hydrogens is 491 g/mol. The minimum absolute atomic E-state index is 0.122. The summed E-state index contributed by atoms with van der Waals surface area (Å²) in [5, 5.41) is 6.72. The quantitative estimate of drug-likeness (QED) is 0.571. The van der Waals surface area contributed by atoms with Crippen LogP contribution in [0.3, 0.4) is 0 Å². The predicted octanol–water partition coefficient (Wildman–Crippen LogP) is 2.18. The maximum atomic E-state index is 14.3. The van der Waals surface area contributed by atoms with E-state index in [-0.39, 0.29) is 11.4 Å². The number of halogens is 5. The number of amides is 1. The summed E-state index contributed by atoms with van der Waals surface area (Å²) >= 11 is 0. The fourth-order valence-electron chi connectivity index (χ4n) is 3.64. The van der Waals surface area contributed by atoms with Crippen molar-refractivity contribution in [1.82, 2.24) is 4.98 Å². The number of nitrogens with two attached hydrogens (primary N) is 1. The van der Waals surface area contributed by atoms with Gasteiger partial charge in [-0.3, -0.25) is 4.79 Å². The summed E-state index contributed by atoms with van der Waals surface area (Å²) in [6, 6.07) is 2.16. The highest BCUT2D eigenvalue weighted by molar-refractivity contribution is 7.89. The van der Waals surface area contributed by atoms with Gasteiger partial charge in [-0.2, -0.15) is 17.6 Å². The van der Waals surface area contributed by atoms with E-state index >= 15 is 0 Å². The molecule has 3 rings (SSSR count). The van der Waals surface area contributed by atoms with Gasteiger partial charge in [0.2, 0.25) is 11.7 Å². The highest BCUT2D eigenvalue weighted by Crippen LogP contribution is 2.47. The van der Waals surface area contributed by atoms with Crippen molar-refractivity contribution in [2.24, 2.45) is 5.14 Å². The van der Waals surface area contributed by atoms with Gasteiger partial charge in [0, 0.05) is 31.5 Å². The number of alkyl halides is 3. The Bertz CT molecular complexity index is 1210. The average Bonchev–Trinajstić information content (AvgIpc) is 3.16. The van der Waals surface area contributed by atoms with E-state index in [4.69, 9.17) is 14.6 Å². The van der Waals surface area contributed by atoms with Gasteiger partial charge in [0.1, 0.15) is 6.04 Å². The van der Waals surface area contributed by atoms with Crippen LogP contribution >= 0.6 is 0 Å². The number of rotatable bonds is 6. The molecule has 1 aliphatic rings. The number of anilines is 2. The number of nitrogens with one attached hydrogen (secondary N) is 1. The fourth-order valence-corrected chi connectivity index (χ4v) is 4.14. The standard InChI is InChI=1S/C19H19F5N4O5S/c1-32-16-12(4-3-11(20)15(16)21)28-9-18(33-2,19(22,23)24)8-13(28)17(29)27-10-5-6-26-14(7-10)34(25,30)31/h3-7,13H,8-9H2,1-2H3,(H2,25,30,31)(H,26,27,29)/t13-,18-/m0/s1. The molecule has 0 aliphatic carbocycles. The molecule has 1 saturated heterocycles. The number of hydrogen-bond acceptors (Lipinski definition) is 7. The first-order chi connectivity index (χ1) is 15.7. The predicted molar refractivity (Wildman–Crippen MR) is 109 cm³/mol. The molecule has 9 nitrogen and oxygen atoms in total. The normalized spacial score (nSPS) is 20.9. The Morgan fingerprint density at radius 2 is 1.94 bits per heavy atom. The molecule has 0 radical (unpaired) electrons. The number of hydrogen-bond donors (Lipinski definition) is 2. The topological polar surface area (TPSA) is 124 Å². The van der Waals surface area contributed by atoms with E-state index in [2.05, 4.69) is 10.3 Å². The van der Waals surface area contributed by atoms with Crippen LogP contribution in [0.1, 0.15) is 6.42 Å². The van der Waals surface area contributed by atoms with Crippen molar-refractivity contribution in [3.8, 4) is 5.75 Å². The van der Waals surface area contributed by atoms with Gasteiger partial charge in [0.25, 0.3) is 10.0 Å². The van der Waals surface area contributed by atoms with Gasteiger partial charge >= 0.3 is 6.18 Å². The summed E-state index contributed by atoms with van der Waals surface area (Å²) in [6.45, 7) is -0.939. The molecule has 2 heterocycles. The van der Waals surface area contributed by atoms with Crippen LogP contribution < -0.4 is 20.1 Å². The number of sulfonamides is 1. The van der Waals surface area contributed by atoms with E-state index in [0.717, 1.165) is 37.4 Å². The summed E-state index contributed by atoms with van der Waals surface area (Å²) in [5.74, 6) is -4.47. The van der Waals surface area contributed by atoms with E-state index in [1.807, 2.05) is 0 Å². The van der Waals surface area contributed by atoms with Crippen LogP contribution in [0.25, 0.3) is 0 Å². The van der Waals surface area contributed by atoms with Crippen LogP contribution in [0.5, 0.6) is 5.75 Å². The number of ether oxygens (including phenoxy) is 2. The third-order valence-electron chi connectivity index (χ3n) is 5.37. The maximum absolute atomic E-state index is 14.3. The van der Waals surface area contributed by atoms with Crippen molar-refractivity contribution in [1.29, 1.82) is 0 Å². The molecule has 0 bridgehead atoms. The van der Waals surface area contributed by atoms with E-state index in [9.17, 15) is 35.2 Å². The third kappa shape index (κ3) is 4.63. The Kier molecular flexibility index (Phi) is 6.74. The first kappa shape index (κ1) is 25.6. The lowest BCUT2D eigenvalue weighted by molar-refractivity contribution is -0.261. The Morgan fingerprint density at radius 1 is 1.26 bits per heavy atom. The summed E-state index contributed by atoms with van der Waals surface area (Å²) < 4.78 is 102. The average molecular weight is 510 g/mol. The summed E-state index contributed by atoms with van der Waals surface area (Å²) in [7, 11) is -2.42. The van der Waals surface area contributed by atoms with E-state index in [1.54, 1.807) is 0 Å². The van der Waals surface area contributed by atoms with Gasteiger partial charge < -0.3 is 19.7 Å². The lowest BCUT2D eigenvalue weighted by atomic mass is 9.99. The van der Waals surface area contributed by atoms with E-state index in [0.29, 0.717) is 6.07 Å². The van der Waals surface area contributed by atoms with Crippen molar-refractivity contribution in [2.75, 3.05) is 31.0 Å². The Labute approximate surface area is 190 Å². The van der Waals surface area contributed by atoms with Crippen molar-refractivity contribution >= 4 is 27.3 Å². The molecule has 1 aliphatic heterocycles. The first-order valence-electron chi connectivity index (χ1n) is 9.44. The molecule has 2 aromatic rings. The number of carbonyl (C=O) groups is 1. The zero-order chi connectivity index (χ0) is 25.5. The number of aromatic nitrogens is 1. The van der Waals surface area contributed by atoms with E-state index in [1.165, 1.54) is 6.07 Å². The molecule has 0 spiro atoms. The summed E-state index contributed by atoms with van der Waals surface area (Å²) in [4.78, 5) is 17.5. The zero-order valence-corrected chi connectivity index (χ0v) is 18.5. The summed E-state index contributed by atoms with van der Waals surface area (Å²) in [5.41, 5.74) is -3.26. The highest BCUT2D eigenvalue weighted by Gasteiger charge is 2.63. The van der Waals surface area contributed by atoms with Gasteiger partial charge in [0.15, 0.2) is 22.2 Å². The Balaban J connectivity index is 2.06. The van der Waals surface area contributed by atoms with Gasteiger partial charge in [-0.1, -0.05) is 0 Å². The fraction of sp³-hybridized carbons (Fsp3) is 0.368. The first-order valence-corrected chi connectivity index (χ1v) is 11.0. The number of methoxy groups -OCH3 is 2. The van der Waals surface area contributed by atoms with E-state index < -0.39 is 69.1 Å². The number of carbonyl (C=O) groups excluding carboxylic acids is 1. The van der Waals surface area contributed by atoms with Crippen molar-refractivity contribution in [3.05, 3.63) is 42.1 Å². The van der Waals surface area contributed by atoms with Gasteiger partial charge in [0.05, 0.1) is 19.3 Å². The van der Waals surface area contributed by atoms with Crippen LogP contribution in [0, 0.1) is 11.6 Å². The lowest BCUT2D eigenvalue weighted by Gasteiger charge is -2.31. The molecule has 1 fully saturated rings. The van der Waals surface area contributed by atoms with Crippen LogP contribution in [-0.4, -0.2) is 57.9 Å². The molecule has 1 aromatic heterocycles. The number of primary sulfonamides is 1. The van der Waals surface area contributed by atoms with Gasteiger partial charge in [-0.25, -0.2) is 22.9 Å². The van der Waals surface area contributed by atoms with Crippen molar-refractivity contribution < 1.29 is 44.6 Å². The smallest absolute Gasteiger partial charge is 0.419 e. The molecular formula is C19H19F5N4O5S. The molecule has 3 N–H and O–H groups in total. The molecule has 0 unspecified atom stereocenters. The monoisotopic (exact) mass is 510 g/mol. The second-order valence-corrected chi connectivity index (χ2v) is 8.88. The van der Waals surface area contributed by atoms with Crippen LogP contribution in [0.2, 0.25) is 0 Å². The molecule has 186 valence electrons. The maximum Gasteiger partial charge on any atom is 0.419 e. The molecule has 2 atom stereocenters. The molecule has 15 heteroatoms. The van der Waals surface area contributed by atoms with Gasteiger partial charge in [-0.05, 0) is 18.2 Å². The van der Waals surface area contributed by atoms with Crippen molar-refractivity contribution in [3.63, 3.8) is 0 Å². The molecule has 34 heavy (non-hydrogen) atoms. The number of benzene rings is 1. The van der Waals surface area contributed by atoms with Crippen LogP contribution in [0.4, 0.5) is 33.3 Å². The second kappa shape index (κ2) is 8.96. The second-order valence-electron chi connectivity index (χ2n) is 7.37. The molecule has 1 amide bonds. The third-order valence-corrected chi connectivity index (χ3v) is 6.18. The Hall–Kier alpha value is -3.04. The largest absolute Gasteiger partial charge is 0.491 e. The van der Waals surface area contributed by atoms with Gasteiger partial charge in [-0.15, -0.1) is 0 Å². The van der Waals surface area contributed by atoms with Crippen LogP contribution in [0.15, 0.2) is 35.5 Å². The number of pyridine rings is 1. The summed E-state index contributed by atoms with van der Waals surface area (Å²) in [6.07, 6.45) is -4.82. The minimum Gasteiger partial charge on any atom is -0.491 e. The number of nitrogens with zero attached hydrogens (tertiary/aromatic N) is 2. The van der Waals surface area contributed by atoms with Crippen molar-refractivity contribution in [2.45, 2.75) is 29.3 Å². The SMILES string of the molecule is COc1c(N2C[C@](OC)(C(F)(F)F)C[C@H]2C(=O)Nc2ccnc(S(N)(=O)=O)c2)ccc(F)c1F. The molecule has 0 saturated carbocycles. The van der Waals surface area contributed by atoms with Crippen LogP contribution in [-0.2, 0) is 19.6 Å².